The van der Waals surface area contributed by atoms with Gasteiger partial charge in [0.1, 0.15) is 0 Å². The minimum absolute atomic E-state index is 0.0328. The second kappa shape index (κ2) is 7.18. The number of benzene rings is 1. The van der Waals surface area contributed by atoms with E-state index in [-0.39, 0.29) is 11.9 Å². The highest BCUT2D eigenvalue weighted by molar-refractivity contribution is 6.30. The van der Waals surface area contributed by atoms with Crippen molar-refractivity contribution < 1.29 is 4.79 Å². The third-order valence-corrected chi connectivity index (χ3v) is 4.89. The molecule has 4 nitrogen and oxygen atoms in total. The predicted octanol–water partition coefficient (Wildman–Crippen LogP) is 3.66. The lowest BCUT2D eigenvalue weighted by Crippen LogP contribution is -2.34. The molecule has 1 fully saturated rings. The fraction of sp³-hybridized carbons (Fsp3) is 0.444. The molecule has 1 aliphatic carbocycles. The highest BCUT2D eigenvalue weighted by Crippen LogP contribution is 2.36. The number of carbonyl (C=O) groups excluding carboxylic acids is 1. The van der Waals surface area contributed by atoms with Crippen molar-refractivity contribution in [3.05, 3.63) is 52.8 Å². The first-order valence-electron chi connectivity index (χ1n) is 8.15. The maximum atomic E-state index is 12.5. The molecule has 1 aromatic carbocycles. The average molecular weight is 332 g/mol. The quantitative estimate of drug-likeness (QED) is 0.908. The van der Waals surface area contributed by atoms with Crippen molar-refractivity contribution >= 4 is 17.5 Å². The Labute approximate surface area is 141 Å². The molecule has 0 bridgehead atoms. The van der Waals surface area contributed by atoms with Crippen LogP contribution in [0.1, 0.15) is 43.0 Å². The largest absolute Gasteiger partial charge is 0.349 e. The summed E-state index contributed by atoms with van der Waals surface area (Å²) >= 11 is 6.14. The number of amides is 1. The fourth-order valence-electron chi connectivity index (χ4n) is 3.43. The van der Waals surface area contributed by atoms with E-state index in [9.17, 15) is 4.79 Å². The minimum Gasteiger partial charge on any atom is -0.349 e. The minimum atomic E-state index is 0.0328. The number of carbonyl (C=O) groups is 1. The van der Waals surface area contributed by atoms with Crippen molar-refractivity contribution in [2.75, 3.05) is 0 Å². The van der Waals surface area contributed by atoms with E-state index in [1.165, 1.54) is 12.8 Å². The Bertz CT molecular complexity index is 676. The summed E-state index contributed by atoms with van der Waals surface area (Å²) in [6, 6.07) is 9.76. The molecule has 23 heavy (non-hydrogen) atoms. The van der Waals surface area contributed by atoms with Gasteiger partial charge in [0.2, 0.25) is 5.91 Å². The van der Waals surface area contributed by atoms with E-state index < -0.39 is 0 Å². The van der Waals surface area contributed by atoms with Crippen LogP contribution in [0.2, 0.25) is 5.02 Å². The molecule has 122 valence electrons. The SMILES string of the molecule is Cn1nccc1CC(=O)N[C@@H](c1cccc(Cl)c1)C1CCCC1. The van der Waals surface area contributed by atoms with Gasteiger partial charge >= 0.3 is 0 Å². The Morgan fingerprint density at radius 1 is 1.39 bits per heavy atom. The van der Waals surface area contributed by atoms with E-state index in [2.05, 4.69) is 16.5 Å². The fourth-order valence-corrected chi connectivity index (χ4v) is 3.63. The summed E-state index contributed by atoms with van der Waals surface area (Å²) < 4.78 is 1.74. The Balaban J connectivity index is 1.75. The van der Waals surface area contributed by atoms with Gasteiger partial charge in [-0.25, -0.2) is 0 Å². The lowest BCUT2D eigenvalue weighted by molar-refractivity contribution is -0.121. The molecule has 1 saturated carbocycles. The first-order valence-corrected chi connectivity index (χ1v) is 8.53. The third-order valence-electron chi connectivity index (χ3n) is 4.66. The Kier molecular flexibility index (Phi) is 5.01. The van der Waals surface area contributed by atoms with E-state index in [4.69, 9.17) is 11.6 Å². The second-order valence-electron chi connectivity index (χ2n) is 6.27. The smallest absolute Gasteiger partial charge is 0.226 e. The Hall–Kier alpha value is -1.81. The van der Waals surface area contributed by atoms with Crippen LogP contribution in [0, 0.1) is 5.92 Å². The molecule has 0 spiro atoms. The summed E-state index contributed by atoms with van der Waals surface area (Å²) in [6.45, 7) is 0. The van der Waals surface area contributed by atoms with Crippen LogP contribution >= 0.6 is 11.6 Å². The number of nitrogens with one attached hydrogen (secondary N) is 1. The summed E-state index contributed by atoms with van der Waals surface area (Å²) in [7, 11) is 1.86. The van der Waals surface area contributed by atoms with Gasteiger partial charge in [-0.1, -0.05) is 36.6 Å². The van der Waals surface area contributed by atoms with Crippen LogP contribution in [-0.2, 0) is 18.3 Å². The van der Waals surface area contributed by atoms with Crippen LogP contribution in [0.15, 0.2) is 36.5 Å². The van der Waals surface area contributed by atoms with Crippen LogP contribution in [0.4, 0.5) is 0 Å². The number of rotatable bonds is 5. The molecule has 0 saturated heterocycles. The Morgan fingerprint density at radius 3 is 2.83 bits per heavy atom. The van der Waals surface area contributed by atoms with Gasteiger partial charge in [-0.15, -0.1) is 0 Å². The molecular formula is C18H22ClN3O. The summed E-state index contributed by atoms with van der Waals surface area (Å²) in [6.07, 6.45) is 6.85. The van der Waals surface area contributed by atoms with Crippen LogP contribution in [0.5, 0.6) is 0 Å². The normalized spacial score (nSPS) is 16.4. The first kappa shape index (κ1) is 16.1. The molecule has 0 radical (unpaired) electrons. The van der Waals surface area contributed by atoms with Gasteiger partial charge in [-0.3, -0.25) is 9.48 Å². The van der Waals surface area contributed by atoms with E-state index in [0.717, 1.165) is 24.1 Å². The molecular weight excluding hydrogens is 310 g/mol. The molecule has 1 aliphatic rings. The standard InChI is InChI=1S/C18H22ClN3O/c1-22-16(9-10-20-22)12-17(23)21-18(13-5-2-3-6-13)14-7-4-8-15(19)11-14/h4,7-11,13,18H,2-3,5-6,12H2,1H3,(H,21,23)/t18-/m1/s1. The zero-order valence-electron chi connectivity index (χ0n) is 13.3. The molecule has 1 amide bonds. The van der Waals surface area contributed by atoms with E-state index in [0.29, 0.717) is 17.4 Å². The monoisotopic (exact) mass is 331 g/mol. The molecule has 1 aromatic heterocycles. The number of hydrogen-bond donors (Lipinski definition) is 1. The molecule has 5 heteroatoms. The number of aromatic nitrogens is 2. The highest BCUT2D eigenvalue weighted by atomic mass is 35.5. The summed E-state index contributed by atoms with van der Waals surface area (Å²) in [5.41, 5.74) is 2.02. The zero-order chi connectivity index (χ0) is 16.2. The van der Waals surface area contributed by atoms with Crippen LogP contribution in [0.3, 0.4) is 0 Å². The van der Waals surface area contributed by atoms with Crippen molar-refractivity contribution in [1.29, 1.82) is 0 Å². The average Bonchev–Trinajstić information content (AvgIpc) is 3.17. The van der Waals surface area contributed by atoms with Crippen LogP contribution in [-0.4, -0.2) is 15.7 Å². The molecule has 2 aromatic rings. The molecule has 0 unspecified atom stereocenters. The number of nitrogens with zero attached hydrogens (tertiary/aromatic N) is 2. The zero-order valence-corrected chi connectivity index (χ0v) is 14.1. The van der Waals surface area contributed by atoms with Gasteiger partial charge in [0.15, 0.2) is 0 Å². The van der Waals surface area contributed by atoms with E-state index in [1.807, 2.05) is 31.3 Å². The van der Waals surface area contributed by atoms with Gasteiger partial charge in [-0.05, 0) is 42.5 Å². The van der Waals surface area contributed by atoms with Gasteiger partial charge < -0.3 is 5.32 Å². The summed E-state index contributed by atoms with van der Waals surface area (Å²) in [4.78, 5) is 12.5. The van der Waals surface area contributed by atoms with Gasteiger partial charge in [0, 0.05) is 24.0 Å². The highest BCUT2D eigenvalue weighted by Gasteiger charge is 2.28. The summed E-state index contributed by atoms with van der Waals surface area (Å²) in [5.74, 6) is 0.523. The number of hydrogen-bond acceptors (Lipinski definition) is 2. The second-order valence-corrected chi connectivity index (χ2v) is 6.70. The molecule has 1 N–H and O–H groups in total. The van der Waals surface area contributed by atoms with Crippen molar-refractivity contribution in [2.45, 2.75) is 38.1 Å². The van der Waals surface area contributed by atoms with E-state index >= 15 is 0 Å². The van der Waals surface area contributed by atoms with Crippen molar-refractivity contribution in [3.8, 4) is 0 Å². The van der Waals surface area contributed by atoms with Crippen molar-refractivity contribution in [3.63, 3.8) is 0 Å². The molecule has 1 atom stereocenters. The maximum absolute atomic E-state index is 12.5. The van der Waals surface area contributed by atoms with Crippen molar-refractivity contribution in [1.82, 2.24) is 15.1 Å². The third kappa shape index (κ3) is 3.94. The van der Waals surface area contributed by atoms with Gasteiger partial charge in [-0.2, -0.15) is 5.10 Å². The lowest BCUT2D eigenvalue weighted by atomic mass is 9.91. The predicted molar refractivity (Wildman–Crippen MR) is 91.2 cm³/mol. The molecule has 0 aliphatic heterocycles. The van der Waals surface area contributed by atoms with Gasteiger partial charge in [0.05, 0.1) is 12.5 Å². The maximum Gasteiger partial charge on any atom is 0.226 e. The lowest BCUT2D eigenvalue weighted by Gasteiger charge is -2.25. The topological polar surface area (TPSA) is 46.9 Å². The van der Waals surface area contributed by atoms with Crippen LogP contribution < -0.4 is 5.32 Å². The first-order chi connectivity index (χ1) is 11.1. The number of halogens is 1. The molecule has 3 rings (SSSR count). The van der Waals surface area contributed by atoms with Crippen molar-refractivity contribution in [2.24, 2.45) is 13.0 Å². The van der Waals surface area contributed by atoms with Gasteiger partial charge in [0.25, 0.3) is 0 Å². The van der Waals surface area contributed by atoms with E-state index in [1.54, 1.807) is 10.9 Å². The molecule has 1 heterocycles. The van der Waals surface area contributed by atoms with Crippen LogP contribution in [0.25, 0.3) is 0 Å². The Morgan fingerprint density at radius 2 is 2.17 bits per heavy atom. The summed E-state index contributed by atoms with van der Waals surface area (Å²) in [5, 5.41) is 8.06. The number of aryl methyl sites for hydroxylation is 1.